The van der Waals surface area contributed by atoms with Crippen molar-refractivity contribution in [3.63, 3.8) is 0 Å². The van der Waals surface area contributed by atoms with E-state index < -0.39 is 5.35 Å². The minimum absolute atomic E-state index is 0.490. The summed E-state index contributed by atoms with van der Waals surface area (Å²) >= 11 is 11.2. The van der Waals surface area contributed by atoms with Crippen molar-refractivity contribution in [1.29, 1.82) is 0 Å². The van der Waals surface area contributed by atoms with Crippen LogP contribution in [0, 0.1) is 0 Å². The maximum Gasteiger partial charge on any atom is 0.0554 e. The van der Waals surface area contributed by atoms with Crippen LogP contribution in [0.3, 0.4) is 0 Å². The Labute approximate surface area is 60.2 Å². The van der Waals surface area contributed by atoms with Gasteiger partial charge in [0, 0.05) is 5.03 Å². The first-order chi connectivity index (χ1) is 4.10. The number of alkyl halides is 1. The van der Waals surface area contributed by atoms with Gasteiger partial charge < -0.3 is 0 Å². The molecule has 1 aliphatic carbocycles. The Morgan fingerprint density at radius 1 is 1.88 bits per heavy atom. The van der Waals surface area contributed by atoms with Gasteiger partial charge in [-0.25, -0.2) is 0 Å². The summed E-state index contributed by atoms with van der Waals surface area (Å²) in [4.78, 5) is 0. The lowest BCUT2D eigenvalue weighted by atomic mass is 10.2. The second-order valence-electron chi connectivity index (χ2n) is 1.57. The average Bonchev–Trinajstić information content (AvgIpc) is 1.78. The van der Waals surface area contributed by atoms with Gasteiger partial charge in [-0.3, -0.25) is 0 Å². The summed E-state index contributed by atoms with van der Waals surface area (Å²) in [5, 5.41) is -0.295. The molecule has 0 radical (unpaired) electrons. The topological polar surface area (TPSA) is 0 Å². The van der Waals surface area contributed by atoms with E-state index in [9.17, 15) is 0 Å². The van der Waals surface area contributed by atoms with Crippen molar-refractivity contribution >= 4 is 23.2 Å². The summed E-state index contributed by atoms with van der Waals surface area (Å²) in [5.74, 6) is 0. The molecule has 0 nitrogen and oxygen atoms in total. The molecule has 44 valence electrons. The first-order valence-corrected chi connectivity index (χ1v) is 3.10. The molecule has 0 spiro atoms. The molecule has 8 heavy (non-hydrogen) atoms. The van der Waals surface area contributed by atoms with Crippen molar-refractivity contribution in [2.45, 2.75) is 11.8 Å². The maximum atomic E-state index is 7.29. The van der Waals surface area contributed by atoms with E-state index in [1.165, 1.54) is 0 Å². The number of halogens is 2. The molecule has 0 heterocycles. The van der Waals surface area contributed by atoms with Crippen molar-refractivity contribution in [3.05, 3.63) is 23.3 Å². The van der Waals surface area contributed by atoms with Crippen LogP contribution in [0.2, 0.25) is 0 Å². The quantitative estimate of drug-likeness (QED) is 0.465. The van der Waals surface area contributed by atoms with Gasteiger partial charge in [0.2, 0.25) is 0 Å². The van der Waals surface area contributed by atoms with E-state index in [1.807, 2.05) is 0 Å². The molecule has 0 saturated carbocycles. The van der Waals surface area contributed by atoms with E-state index >= 15 is 0 Å². The molecule has 0 aromatic heterocycles. The Bertz CT molecular complexity index is 170. The van der Waals surface area contributed by atoms with Gasteiger partial charge in [0.15, 0.2) is 0 Å². The van der Waals surface area contributed by atoms with Crippen LogP contribution in [0.4, 0.5) is 0 Å². The van der Waals surface area contributed by atoms with Gasteiger partial charge in [0.25, 0.3) is 0 Å². The van der Waals surface area contributed by atoms with Crippen molar-refractivity contribution in [2.24, 2.45) is 0 Å². The first kappa shape index (κ1) is 4.89. The minimum Gasteiger partial charge on any atom is -0.118 e. The van der Waals surface area contributed by atoms with Gasteiger partial charge >= 0.3 is 0 Å². The minimum atomic E-state index is -0.960. The molecule has 0 aromatic rings. The van der Waals surface area contributed by atoms with E-state index in [1.54, 1.807) is 18.2 Å². The first-order valence-electron chi connectivity index (χ1n) is 2.84. The lowest BCUT2D eigenvalue weighted by molar-refractivity contribution is 1.04. The standard InChI is InChI=1S/C6H6Cl2/c7-5-1-2-6(8)4-3-5/h1-3,6H,4H2/i6D. The number of rotatable bonds is 0. The molecule has 1 aliphatic rings. The fraction of sp³-hybridized carbons (Fsp3) is 0.333. The molecule has 0 aromatic carbocycles. The van der Waals surface area contributed by atoms with Crippen LogP contribution in [0.1, 0.15) is 7.79 Å². The predicted octanol–water partition coefficient (Wildman–Crippen LogP) is 2.68. The number of hydrogen-bond acceptors (Lipinski definition) is 0. The van der Waals surface area contributed by atoms with Crippen LogP contribution in [-0.4, -0.2) is 5.35 Å². The largest absolute Gasteiger partial charge is 0.118 e. The van der Waals surface area contributed by atoms with Crippen molar-refractivity contribution in [2.75, 3.05) is 0 Å². The van der Waals surface area contributed by atoms with Crippen molar-refractivity contribution in [3.8, 4) is 0 Å². The SMILES string of the molecule is [2H]C1(Cl)C=CC(Cl)=CC1. The normalized spacial score (nSPS) is 38.8. The van der Waals surface area contributed by atoms with Crippen molar-refractivity contribution in [1.82, 2.24) is 0 Å². The molecule has 1 rings (SSSR count). The Morgan fingerprint density at radius 3 is 3.00 bits per heavy atom. The van der Waals surface area contributed by atoms with E-state index in [0.29, 0.717) is 11.5 Å². The molecule has 0 aliphatic heterocycles. The summed E-state index contributed by atoms with van der Waals surface area (Å²) in [6, 6.07) is 0. The second-order valence-corrected chi connectivity index (χ2v) is 2.50. The maximum absolute atomic E-state index is 7.29. The third-order valence-electron chi connectivity index (χ3n) is 0.915. The molecular formula is C6H6Cl2. The van der Waals surface area contributed by atoms with E-state index in [0.717, 1.165) is 0 Å². The summed E-state index contributed by atoms with van der Waals surface area (Å²) < 4.78 is 7.29. The van der Waals surface area contributed by atoms with Crippen LogP contribution in [0.15, 0.2) is 23.3 Å². The molecule has 0 bridgehead atoms. The van der Waals surface area contributed by atoms with Gasteiger partial charge in [0.05, 0.1) is 6.72 Å². The van der Waals surface area contributed by atoms with Crippen LogP contribution >= 0.6 is 23.2 Å². The zero-order valence-corrected chi connectivity index (χ0v) is 5.71. The van der Waals surface area contributed by atoms with Gasteiger partial charge in [-0.2, -0.15) is 0 Å². The van der Waals surface area contributed by atoms with E-state index in [4.69, 9.17) is 24.6 Å². The molecule has 0 amide bonds. The fourth-order valence-electron chi connectivity index (χ4n) is 0.501. The average molecular weight is 150 g/mol. The van der Waals surface area contributed by atoms with Gasteiger partial charge in [-0.15, -0.1) is 11.6 Å². The monoisotopic (exact) mass is 149 g/mol. The molecule has 1 unspecified atom stereocenters. The zero-order valence-electron chi connectivity index (χ0n) is 5.20. The van der Waals surface area contributed by atoms with Crippen LogP contribution in [0.5, 0.6) is 0 Å². The third kappa shape index (κ3) is 1.53. The smallest absolute Gasteiger partial charge is 0.0554 e. The number of hydrogen-bond donors (Lipinski definition) is 0. The number of allylic oxidation sites excluding steroid dienone is 4. The fourth-order valence-corrected chi connectivity index (χ4v) is 0.781. The van der Waals surface area contributed by atoms with Crippen molar-refractivity contribution < 1.29 is 1.37 Å². The van der Waals surface area contributed by atoms with Gasteiger partial charge in [-0.05, 0) is 12.5 Å². The predicted molar refractivity (Wildman–Crippen MR) is 37.3 cm³/mol. The highest BCUT2D eigenvalue weighted by Gasteiger charge is 2.01. The second kappa shape index (κ2) is 2.56. The van der Waals surface area contributed by atoms with Crippen LogP contribution in [-0.2, 0) is 0 Å². The zero-order chi connectivity index (χ0) is 6.91. The third-order valence-corrected chi connectivity index (χ3v) is 1.48. The van der Waals surface area contributed by atoms with E-state index in [-0.39, 0.29) is 0 Å². The highest BCUT2D eigenvalue weighted by Crippen LogP contribution is 2.16. The van der Waals surface area contributed by atoms with Crippen LogP contribution < -0.4 is 0 Å². The highest BCUT2D eigenvalue weighted by molar-refractivity contribution is 6.31. The molecule has 0 N–H and O–H groups in total. The Kier molecular flexibility index (Phi) is 1.57. The molecule has 0 saturated heterocycles. The van der Waals surface area contributed by atoms with Gasteiger partial charge in [-0.1, -0.05) is 23.8 Å². The summed E-state index contributed by atoms with van der Waals surface area (Å²) in [5.41, 5.74) is 0. The molecule has 0 fully saturated rings. The lowest BCUT2D eigenvalue weighted by Crippen LogP contribution is -1.93. The molecule has 1 atom stereocenters. The molecular weight excluding hydrogens is 143 g/mol. The lowest BCUT2D eigenvalue weighted by Gasteiger charge is -2.03. The van der Waals surface area contributed by atoms with Crippen LogP contribution in [0.25, 0.3) is 0 Å². The Balaban J connectivity index is 2.70. The van der Waals surface area contributed by atoms with Gasteiger partial charge in [0.1, 0.15) is 0 Å². The Morgan fingerprint density at radius 2 is 2.62 bits per heavy atom. The summed E-state index contributed by atoms with van der Waals surface area (Å²) in [7, 11) is 0. The summed E-state index contributed by atoms with van der Waals surface area (Å²) in [6.07, 6.45) is 5.45. The highest BCUT2D eigenvalue weighted by atomic mass is 35.5. The van der Waals surface area contributed by atoms with E-state index in [2.05, 4.69) is 0 Å². The Hall–Kier alpha value is 0.0600. The summed E-state index contributed by atoms with van der Waals surface area (Å²) in [6.45, 7) is 0. The molecule has 2 heteroatoms.